The summed E-state index contributed by atoms with van der Waals surface area (Å²) < 4.78 is 12.8. The highest BCUT2D eigenvalue weighted by Crippen LogP contribution is 2.37. The first-order chi connectivity index (χ1) is 15.9. The highest BCUT2D eigenvalue weighted by Gasteiger charge is 2.24. The molecule has 1 saturated heterocycles. The van der Waals surface area contributed by atoms with Gasteiger partial charge in [-0.05, 0) is 93.4 Å². The number of carbonyl (C=O) groups excluding carboxylic acids is 1. The highest BCUT2D eigenvalue weighted by atomic mass is 79.9. The molecule has 0 spiro atoms. The summed E-state index contributed by atoms with van der Waals surface area (Å²) in [4.78, 5) is 17.4. The van der Waals surface area contributed by atoms with Crippen LogP contribution in [0.25, 0.3) is 6.08 Å². The van der Waals surface area contributed by atoms with E-state index in [9.17, 15) is 4.79 Å². The first-order valence-electron chi connectivity index (χ1n) is 9.71. The molecule has 0 atom stereocenters. The number of nitrogens with zero attached hydrogens (tertiary/aromatic N) is 1. The molecule has 33 heavy (non-hydrogen) atoms. The Hall–Kier alpha value is -2.26. The molecule has 4 rings (SSSR count). The summed E-state index contributed by atoms with van der Waals surface area (Å²) in [5, 5.41) is 3.74. The average molecular weight is 609 g/mol. The maximum atomic E-state index is 12.4. The molecule has 0 saturated carbocycles. The normalized spacial score (nSPS) is 15.7. The first-order valence-corrected chi connectivity index (χ1v) is 12.5. The van der Waals surface area contributed by atoms with Crippen molar-refractivity contribution in [3.8, 4) is 11.5 Å². The van der Waals surface area contributed by atoms with E-state index in [4.69, 9.17) is 21.1 Å². The van der Waals surface area contributed by atoms with Crippen LogP contribution in [0, 0.1) is 0 Å². The number of nitrogens with one attached hydrogen (secondary N) is 1. The summed E-state index contributed by atoms with van der Waals surface area (Å²) in [6, 6.07) is 18.8. The largest absolute Gasteiger partial charge is 0.497 e. The van der Waals surface area contributed by atoms with Crippen molar-refractivity contribution in [2.75, 3.05) is 7.11 Å². The summed E-state index contributed by atoms with van der Waals surface area (Å²) in [6.07, 6.45) is 1.77. The summed E-state index contributed by atoms with van der Waals surface area (Å²) in [5.74, 6) is 1.08. The number of thioether (sulfide) groups is 1. The van der Waals surface area contributed by atoms with E-state index < -0.39 is 0 Å². The Kier molecular flexibility index (Phi) is 7.80. The number of amidine groups is 1. The zero-order valence-electron chi connectivity index (χ0n) is 17.3. The van der Waals surface area contributed by atoms with Crippen LogP contribution in [0.1, 0.15) is 11.1 Å². The van der Waals surface area contributed by atoms with Crippen molar-refractivity contribution in [3.63, 3.8) is 0 Å². The van der Waals surface area contributed by atoms with E-state index in [-0.39, 0.29) is 5.91 Å². The summed E-state index contributed by atoms with van der Waals surface area (Å²) in [5.41, 5.74) is 2.51. The van der Waals surface area contributed by atoms with Crippen LogP contribution in [0.2, 0.25) is 5.02 Å². The lowest BCUT2D eigenvalue weighted by Crippen LogP contribution is -2.19. The van der Waals surface area contributed by atoms with E-state index in [1.54, 1.807) is 19.3 Å². The van der Waals surface area contributed by atoms with Gasteiger partial charge in [0.05, 0.1) is 27.2 Å². The highest BCUT2D eigenvalue weighted by molar-refractivity contribution is 9.10. The number of methoxy groups -OCH3 is 1. The van der Waals surface area contributed by atoms with Gasteiger partial charge in [0.2, 0.25) is 0 Å². The molecule has 1 aliphatic heterocycles. The first kappa shape index (κ1) is 23.9. The Morgan fingerprint density at radius 1 is 1.09 bits per heavy atom. The SMILES string of the molecule is COc1ccc(N=C2NC(=O)/C(=C\c3cc(Cl)c(OCc4ccc(Br)cc4)c(Br)c3)S2)cc1. The molecule has 3 aromatic carbocycles. The molecule has 0 aromatic heterocycles. The smallest absolute Gasteiger partial charge is 0.264 e. The lowest BCUT2D eigenvalue weighted by molar-refractivity contribution is -0.115. The van der Waals surface area contributed by atoms with E-state index in [1.807, 2.05) is 54.6 Å². The fourth-order valence-electron chi connectivity index (χ4n) is 2.94. The number of benzene rings is 3. The van der Waals surface area contributed by atoms with Crippen molar-refractivity contribution < 1.29 is 14.3 Å². The third-order valence-corrected chi connectivity index (χ3v) is 6.88. The van der Waals surface area contributed by atoms with Crippen molar-refractivity contribution in [1.82, 2.24) is 5.32 Å². The van der Waals surface area contributed by atoms with Gasteiger partial charge in [-0.3, -0.25) is 4.79 Å². The van der Waals surface area contributed by atoms with E-state index in [0.717, 1.165) is 27.0 Å². The van der Waals surface area contributed by atoms with Gasteiger partial charge in [0.25, 0.3) is 5.91 Å². The number of ether oxygens (including phenoxy) is 2. The molecule has 1 N–H and O–H groups in total. The van der Waals surface area contributed by atoms with Crippen LogP contribution in [0.5, 0.6) is 11.5 Å². The molecule has 9 heteroatoms. The quantitative estimate of drug-likeness (QED) is 0.298. The average Bonchev–Trinajstić information content (AvgIpc) is 3.13. The molecular weight excluding hydrogens is 592 g/mol. The number of carbonyl (C=O) groups is 1. The summed E-state index contributed by atoms with van der Waals surface area (Å²) in [6.45, 7) is 0.384. The molecule has 1 fully saturated rings. The Bertz CT molecular complexity index is 1220. The molecule has 1 aliphatic rings. The number of hydrogen-bond donors (Lipinski definition) is 1. The molecule has 0 bridgehead atoms. The van der Waals surface area contributed by atoms with Crippen molar-refractivity contribution in [1.29, 1.82) is 0 Å². The number of aliphatic imine (C=N–C) groups is 1. The van der Waals surface area contributed by atoms with Crippen LogP contribution in [0.3, 0.4) is 0 Å². The number of rotatable bonds is 6. The summed E-state index contributed by atoms with van der Waals surface area (Å²) in [7, 11) is 1.61. The van der Waals surface area contributed by atoms with Crippen LogP contribution < -0.4 is 14.8 Å². The third-order valence-electron chi connectivity index (χ3n) is 4.57. The Morgan fingerprint density at radius 2 is 1.82 bits per heavy atom. The van der Waals surface area contributed by atoms with Crippen LogP contribution >= 0.6 is 55.2 Å². The molecule has 168 valence electrons. The molecule has 0 unspecified atom stereocenters. The minimum Gasteiger partial charge on any atom is -0.497 e. The van der Waals surface area contributed by atoms with Gasteiger partial charge in [-0.15, -0.1) is 0 Å². The fraction of sp³-hybridized carbons (Fsp3) is 0.0833. The van der Waals surface area contributed by atoms with Crippen LogP contribution in [-0.4, -0.2) is 18.2 Å². The van der Waals surface area contributed by atoms with Crippen molar-refractivity contribution in [3.05, 3.63) is 90.7 Å². The topological polar surface area (TPSA) is 59.9 Å². The molecule has 1 heterocycles. The minimum atomic E-state index is -0.213. The lowest BCUT2D eigenvalue weighted by atomic mass is 10.2. The number of amides is 1. The molecule has 0 radical (unpaired) electrons. The summed E-state index contributed by atoms with van der Waals surface area (Å²) >= 11 is 14.7. The zero-order chi connectivity index (χ0) is 23.4. The molecular formula is C24H17Br2ClN2O3S. The molecule has 3 aromatic rings. The van der Waals surface area contributed by atoms with Gasteiger partial charge in [0.1, 0.15) is 12.4 Å². The van der Waals surface area contributed by atoms with Crippen molar-refractivity contribution >= 4 is 78.1 Å². The van der Waals surface area contributed by atoms with Crippen molar-refractivity contribution in [2.45, 2.75) is 6.61 Å². The van der Waals surface area contributed by atoms with Gasteiger partial charge in [-0.1, -0.05) is 39.7 Å². The lowest BCUT2D eigenvalue weighted by Gasteiger charge is -2.11. The minimum absolute atomic E-state index is 0.213. The standard InChI is InChI=1S/C24H17Br2ClN2O3S/c1-31-18-8-6-17(7-9-18)28-24-29-23(30)21(33-24)12-15-10-19(26)22(20(27)11-15)32-13-14-2-4-16(25)5-3-14/h2-12H,13H2,1H3,(H,28,29,30)/b21-12+. The second-order valence-electron chi connectivity index (χ2n) is 6.91. The molecule has 1 amide bonds. The van der Waals surface area contributed by atoms with Gasteiger partial charge >= 0.3 is 0 Å². The Labute approximate surface area is 217 Å². The fourth-order valence-corrected chi connectivity index (χ4v) is 5.04. The second kappa shape index (κ2) is 10.8. The Morgan fingerprint density at radius 3 is 2.48 bits per heavy atom. The maximum absolute atomic E-state index is 12.4. The molecule has 0 aliphatic carbocycles. The van der Waals surface area contributed by atoms with Crippen LogP contribution in [0.4, 0.5) is 5.69 Å². The van der Waals surface area contributed by atoms with Crippen molar-refractivity contribution in [2.24, 2.45) is 4.99 Å². The van der Waals surface area contributed by atoms with E-state index in [0.29, 0.717) is 31.9 Å². The molecule has 5 nitrogen and oxygen atoms in total. The van der Waals surface area contributed by atoms with Gasteiger partial charge in [-0.25, -0.2) is 4.99 Å². The number of hydrogen-bond acceptors (Lipinski definition) is 5. The van der Waals surface area contributed by atoms with E-state index in [1.165, 1.54) is 11.8 Å². The number of halogens is 3. The van der Waals surface area contributed by atoms with Gasteiger partial charge in [-0.2, -0.15) is 0 Å². The van der Waals surface area contributed by atoms with Gasteiger partial charge < -0.3 is 14.8 Å². The predicted octanol–water partition coefficient (Wildman–Crippen LogP) is 7.34. The Balaban J connectivity index is 1.48. The monoisotopic (exact) mass is 606 g/mol. The zero-order valence-corrected chi connectivity index (χ0v) is 22.0. The van der Waals surface area contributed by atoms with E-state index >= 15 is 0 Å². The maximum Gasteiger partial charge on any atom is 0.264 e. The second-order valence-corrected chi connectivity index (χ2v) is 10.1. The van der Waals surface area contributed by atoms with E-state index in [2.05, 4.69) is 42.2 Å². The third kappa shape index (κ3) is 6.20. The van der Waals surface area contributed by atoms with Crippen LogP contribution in [-0.2, 0) is 11.4 Å². The van der Waals surface area contributed by atoms with Crippen LogP contribution in [0.15, 0.2) is 79.5 Å². The van der Waals surface area contributed by atoms with Gasteiger partial charge in [0.15, 0.2) is 10.9 Å². The van der Waals surface area contributed by atoms with Gasteiger partial charge in [0, 0.05) is 4.47 Å². The predicted molar refractivity (Wildman–Crippen MR) is 141 cm³/mol.